The van der Waals surface area contributed by atoms with E-state index in [4.69, 9.17) is 10.5 Å². The molecule has 0 aromatic heterocycles. The third-order valence-corrected chi connectivity index (χ3v) is 4.72. The van der Waals surface area contributed by atoms with E-state index < -0.39 is 0 Å². The van der Waals surface area contributed by atoms with Gasteiger partial charge in [0.05, 0.1) is 6.10 Å². The second-order valence-corrected chi connectivity index (χ2v) is 6.18. The van der Waals surface area contributed by atoms with Crippen LogP contribution in [0.2, 0.25) is 0 Å². The lowest BCUT2D eigenvalue weighted by Crippen LogP contribution is -2.38. The van der Waals surface area contributed by atoms with E-state index in [1.807, 2.05) is 18.2 Å². The van der Waals surface area contributed by atoms with Gasteiger partial charge in [-0.25, -0.2) is 0 Å². The number of ether oxygens (including phenoxy) is 1. The topological polar surface area (TPSA) is 38.5 Å². The lowest BCUT2D eigenvalue weighted by Gasteiger charge is -2.27. The summed E-state index contributed by atoms with van der Waals surface area (Å²) in [7, 11) is 2.17. The average molecular weight is 327 g/mol. The molecule has 1 fully saturated rings. The maximum Gasteiger partial charge on any atom is 0.0702 e. The van der Waals surface area contributed by atoms with Gasteiger partial charge in [-0.05, 0) is 38.4 Å². The van der Waals surface area contributed by atoms with Gasteiger partial charge in [0, 0.05) is 29.7 Å². The van der Waals surface area contributed by atoms with Gasteiger partial charge in [0.25, 0.3) is 0 Å². The Balaban J connectivity index is 1.86. The maximum absolute atomic E-state index is 6.29. The summed E-state index contributed by atoms with van der Waals surface area (Å²) in [6, 6.07) is 8.81. The van der Waals surface area contributed by atoms with Crippen LogP contribution in [0.3, 0.4) is 0 Å². The summed E-state index contributed by atoms with van der Waals surface area (Å²) in [5.41, 5.74) is 7.48. The summed E-state index contributed by atoms with van der Waals surface area (Å²) in [4.78, 5) is 2.38. The van der Waals surface area contributed by atoms with Gasteiger partial charge >= 0.3 is 0 Å². The fraction of sp³-hybridized carbons (Fsp3) is 0.600. The number of nitrogens with zero attached hydrogens (tertiary/aromatic N) is 1. The molecule has 2 rings (SSSR count). The minimum Gasteiger partial charge on any atom is -0.377 e. The Morgan fingerprint density at radius 1 is 1.47 bits per heavy atom. The van der Waals surface area contributed by atoms with E-state index in [9.17, 15) is 0 Å². The highest BCUT2D eigenvalue weighted by Gasteiger charge is 2.27. The van der Waals surface area contributed by atoms with E-state index in [1.54, 1.807) is 0 Å². The van der Waals surface area contributed by atoms with E-state index >= 15 is 0 Å². The van der Waals surface area contributed by atoms with Crippen LogP contribution in [0.25, 0.3) is 0 Å². The second kappa shape index (κ2) is 6.84. The monoisotopic (exact) mass is 326 g/mol. The van der Waals surface area contributed by atoms with E-state index in [0.29, 0.717) is 12.1 Å². The van der Waals surface area contributed by atoms with Crippen LogP contribution in [0.15, 0.2) is 28.7 Å². The Bertz CT molecular complexity index is 413. The Kier molecular flexibility index (Phi) is 5.39. The Morgan fingerprint density at radius 3 is 2.84 bits per heavy atom. The molecule has 1 aromatic rings. The quantitative estimate of drug-likeness (QED) is 0.904. The first kappa shape index (κ1) is 15.0. The largest absolute Gasteiger partial charge is 0.377 e. The van der Waals surface area contributed by atoms with E-state index in [0.717, 1.165) is 30.5 Å². The highest BCUT2D eigenvalue weighted by molar-refractivity contribution is 9.10. The van der Waals surface area contributed by atoms with Crippen LogP contribution >= 0.6 is 15.9 Å². The first-order chi connectivity index (χ1) is 9.09. The summed E-state index contributed by atoms with van der Waals surface area (Å²) in [6.45, 7) is 4.04. The molecule has 4 heteroatoms. The van der Waals surface area contributed by atoms with Crippen molar-refractivity contribution in [2.45, 2.75) is 38.0 Å². The molecule has 0 radical (unpaired) electrons. The number of likely N-dealkylation sites (N-methyl/N-ethyl adjacent to an activating group) is 1. The number of hydrogen-bond donors (Lipinski definition) is 1. The highest BCUT2D eigenvalue weighted by Crippen LogP contribution is 2.25. The summed E-state index contributed by atoms with van der Waals surface area (Å²) in [6.07, 6.45) is 2.43. The SMILES string of the molecule is CC1OCCC1N(C)CCC(N)c1ccccc1Br. The summed E-state index contributed by atoms with van der Waals surface area (Å²) >= 11 is 3.57. The van der Waals surface area contributed by atoms with Crippen LogP contribution in [-0.4, -0.2) is 37.2 Å². The van der Waals surface area contributed by atoms with E-state index in [2.05, 4.69) is 40.9 Å². The van der Waals surface area contributed by atoms with Crippen LogP contribution in [-0.2, 0) is 4.74 Å². The summed E-state index contributed by atoms with van der Waals surface area (Å²) in [5.74, 6) is 0. The molecule has 3 unspecified atom stereocenters. The molecule has 1 aromatic carbocycles. The number of rotatable bonds is 5. The molecule has 1 heterocycles. The molecule has 0 aliphatic carbocycles. The Morgan fingerprint density at radius 2 is 2.21 bits per heavy atom. The van der Waals surface area contributed by atoms with Gasteiger partial charge in [0.1, 0.15) is 0 Å². The van der Waals surface area contributed by atoms with Gasteiger partial charge in [0.2, 0.25) is 0 Å². The molecule has 1 aliphatic rings. The zero-order valence-electron chi connectivity index (χ0n) is 11.7. The van der Waals surface area contributed by atoms with Gasteiger partial charge in [-0.15, -0.1) is 0 Å². The lowest BCUT2D eigenvalue weighted by atomic mass is 10.0. The molecule has 1 saturated heterocycles. The fourth-order valence-corrected chi connectivity index (χ4v) is 3.32. The summed E-state index contributed by atoms with van der Waals surface area (Å²) in [5, 5.41) is 0. The van der Waals surface area contributed by atoms with Crippen molar-refractivity contribution in [2.24, 2.45) is 5.73 Å². The van der Waals surface area contributed by atoms with Crippen LogP contribution in [0, 0.1) is 0 Å². The smallest absolute Gasteiger partial charge is 0.0702 e. The number of halogens is 1. The molecule has 1 aliphatic heterocycles. The number of benzene rings is 1. The molecule has 3 nitrogen and oxygen atoms in total. The summed E-state index contributed by atoms with van der Waals surface area (Å²) < 4.78 is 6.72. The second-order valence-electron chi connectivity index (χ2n) is 5.33. The molecule has 2 N–H and O–H groups in total. The predicted octanol–water partition coefficient (Wildman–Crippen LogP) is 2.95. The lowest BCUT2D eigenvalue weighted by molar-refractivity contribution is 0.0827. The highest BCUT2D eigenvalue weighted by atomic mass is 79.9. The van der Waals surface area contributed by atoms with Crippen LogP contribution in [0.1, 0.15) is 31.4 Å². The van der Waals surface area contributed by atoms with Gasteiger partial charge in [-0.2, -0.15) is 0 Å². The Hall–Kier alpha value is -0.420. The first-order valence-electron chi connectivity index (χ1n) is 6.91. The molecule has 0 spiro atoms. The third kappa shape index (κ3) is 3.78. The van der Waals surface area contributed by atoms with Crippen molar-refractivity contribution in [2.75, 3.05) is 20.2 Å². The zero-order chi connectivity index (χ0) is 13.8. The minimum absolute atomic E-state index is 0.0793. The Labute approximate surface area is 124 Å². The molecule has 0 bridgehead atoms. The van der Waals surface area contributed by atoms with Gasteiger partial charge in [-0.1, -0.05) is 34.1 Å². The molecule has 19 heavy (non-hydrogen) atoms. The van der Waals surface area contributed by atoms with Gasteiger partial charge < -0.3 is 15.4 Å². The molecular weight excluding hydrogens is 304 g/mol. The molecule has 0 saturated carbocycles. The standard InChI is InChI=1S/C15H23BrN2O/c1-11-15(8-10-19-11)18(2)9-7-14(17)12-5-3-4-6-13(12)16/h3-6,11,14-15H,7-10,17H2,1-2H3. The van der Waals surface area contributed by atoms with E-state index in [-0.39, 0.29) is 6.04 Å². The van der Waals surface area contributed by atoms with Crippen molar-refractivity contribution >= 4 is 15.9 Å². The fourth-order valence-electron chi connectivity index (χ4n) is 2.74. The molecule has 0 amide bonds. The molecule has 106 valence electrons. The van der Waals surface area contributed by atoms with Crippen molar-refractivity contribution in [3.63, 3.8) is 0 Å². The van der Waals surface area contributed by atoms with Crippen LogP contribution in [0.5, 0.6) is 0 Å². The normalized spacial score (nSPS) is 24.9. The van der Waals surface area contributed by atoms with E-state index in [1.165, 1.54) is 5.56 Å². The van der Waals surface area contributed by atoms with Crippen LogP contribution < -0.4 is 5.73 Å². The van der Waals surface area contributed by atoms with Crippen molar-refractivity contribution in [1.29, 1.82) is 0 Å². The maximum atomic E-state index is 6.29. The van der Waals surface area contributed by atoms with Crippen LogP contribution in [0.4, 0.5) is 0 Å². The first-order valence-corrected chi connectivity index (χ1v) is 7.70. The van der Waals surface area contributed by atoms with Gasteiger partial charge in [0.15, 0.2) is 0 Å². The van der Waals surface area contributed by atoms with Crippen molar-refractivity contribution in [3.05, 3.63) is 34.3 Å². The average Bonchev–Trinajstić information content (AvgIpc) is 2.82. The molecular formula is C15H23BrN2O. The molecule has 3 atom stereocenters. The van der Waals surface area contributed by atoms with Gasteiger partial charge in [-0.3, -0.25) is 0 Å². The zero-order valence-corrected chi connectivity index (χ0v) is 13.3. The third-order valence-electron chi connectivity index (χ3n) is 4.00. The minimum atomic E-state index is 0.0793. The van der Waals surface area contributed by atoms with Crippen molar-refractivity contribution in [3.8, 4) is 0 Å². The van der Waals surface area contributed by atoms with Crippen molar-refractivity contribution in [1.82, 2.24) is 4.90 Å². The number of nitrogens with two attached hydrogens (primary N) is 1. The number of hydrogen-bond acceptors (Lipinski definition) is 3. The van der Waals surface area contributed by atoms with Crippen molar-refractivity contribution < 1.29 is 4.74 Å². The predicted molar refractivity (Wildman–Crippen MR) is 82.1 cm³/mol.